The zero-order valence-electron chi connectivity index (χ0n) is 17.7. The van der Waals surface area contributed by atoms with Gasteiger partial charge in [-0.2, -0.15) is 4.31 Å². The zero-order valence-corrected chi connectivity index (χ0v) is 19.3. The molecule has 5 rings (SSSR count). The number of nitrogens with zero attached hydrogens (tertiary/aromatic N) is 3. The summed E-state index contributed by atoms with van der Waals surface area (Å²) in [5, 5.41) is 0. The number of benzene rings is 1. The van der Waals surface area contributed by atoms with Crippen molar-refractivity contribution in [1.82, 2.24) is 18.8 Å². The van der Waals surface area contributed by atoms with Crippen LogP contribution in [0.1, 0.15) is 36.6 Å². The van der Waals surface area contributed by atoms with Gasteiger partial charge in [0, 0.05) is 37.1 Å². The molecule has 0 atom stereocenters. The number of piperidine rings is 1. The van der Waals surface area contributed by atoms with Crippen LogP contribution in [0.5, 0.6) is 0 Å². The highest BCUT2D eigenvalue weighted by Crippen LogP contribution is 2.29. The van der Waals surface area contributed by atoms with Crippen molar-refractivity contribution in [3.05, 3.63) is 51.8 Å². The van der Waals surface area contributed by atoms with Gasteiger partial charge in [-0.3, -0.25) is 9.36 Å². The van der Waals surface area contributed by atoms with Crippen molar-refractivity contribution in [2.75, 3.05) is 26.2 Å². The van der Waals surface area contributed by atoms with E-state index in [1.165, 1.54) is 15.6 Å². The molecule has 0 radical (unpaired) electrons. The molecule has 1 aromatic carbocycles. The third-order valence-corrected chi connectivity index (χ3v) is 9.88. The molecule has 0 saturated carbocycles. The van der Waals surface area contributed by atoms with Crippen LogP contribution in [0.2, 0.25) is 0 Å². The fraction of sp³-hybridized carbons (Fsp3) is 0.455. The van der Waals surface area contributed by atoms with Gasteiger partial charge in [-0.25, -0.2) is 13.2 Å². The number of rotatable bonds is 5. The van der Waals surface area contributed by atoms with Gasteiger partial charge in [-0.15, -0.1) is 11.3 Å². The molecule has 2 aliphatic heterocycles. The molecule has 0 spiro atoms. The molecule has 4 heterocycles. The Kier molecular flexibility index (Phi) is 5.68. The van der Waals surface area contributed by atoms with E-state index in [9.17, 15) is 18.0 Å². The van der Waals surface area contributed by atoms with E-state index in [1.54, 1.807) is 12.1 Å². The number of nitrogens with one attached hydrogen (secondary N) is 1. The molecule has 2 saturated heterocycles. The summed E-state index contributed by atoms with van der Waals surface area (Å²) >= 11 is 1.19. The molecule has 2 aliphatic rings. The van der Waals surface area contributed by atoms with Crippen molar-refractivity contribution < 1.29 is 13.2 Å². The first-order chi connectivity index (χ1) is 15.4. The lowest BCUT2D eigenvalue weighted by Crippen LogP contribution is -2.41. The molecule has 3 aromatic rings. The number of thiophene rings is 1. The van der Waals surface area contributed by atoms with E-state index in [0.29, 0.717) is 43.2 Å². The van der Waals surface area contributed by atoms with Crippen molar-refractivity contribution >= 4 is 38.3 Å². The molecular weight excluding hydrogens is 448 g/mol. The maximum absolute atomic E-state index is 12.9. The Morgan fingerprint density at radius 1 is 1.03 bits per heavy atom. The second-order valence-electron chi connectivity index (χ2n) is 8.44. The molecular formula is C22H26N4O4S2. The van der Waals surface area contributed by atoms with Gasteiger partial charge in [-0.05, 0) is 49.9 Å². The monoisotopic (exact) mass is 474 g/mol. The summed E-state index contributed by atoms with van der Waals surface area (Å²) in [7, 11) is -3.44. The summed E-state index contributed by atoms with van der Waals surface area (Å²) in [6.07, 6.45) is 3.43. The first kappa shape index (κ1) is 21.4. The molecule has 1 N–H and O–H groups in total. The van der Waals surface area contributed by atoms with Crippen LogP contribution in [0.3, 0.4) is 0 Å². The van der Waals surface area contributed by atoms with Gasteiger partial charge in [0.05, 0.1) is 17.5 Å². The van der Waals surface area contributed by atoms with Gasteiger partial charge < -0.3 is 9.88 Å². The Bertz CT molecular complexity index is 1290. The third-order valence-electron chi connectivity index (χ3n) is 6.43. The molecule has 170 valence electrons. The molecule has 8 nitrogen and oxygen atoms in total. The van der Waals surface area contributed by atoms with Gasteiger partial charge in [0.1, 0.15) is 4.21 Å². The van der Waals surface area contributed by atoms with Gasteiger partial charge >= 0.3 is 5.69 Å². The lowest BCUT2D eigenvalue weighted by Gasteiger charge is -2.32. The van der Waals surface area contributed by atoms with E-state index in [4.69, 9.17) is 0 Å². The summed E-state index contributed by atoms with van der Waals surface area (Å²) in [5.74, 6) is 0.00157. The first-order valence-electron chi connectivity index (χ1n) is 11.0. The Balaban J connectivity index is 1.22. The number of para-hydroxylation sites is 2. The van der Waals surface area contributed by atoms with Crippen molar-refractivity contribution in [2.24, 2.45) is 0 Å². The molecule has 1 amide bonds. The van der Waals surface area contributed by atoms with Crippen LogP contribution in [-0.4, -0.2) is 59.3 Å². The topological polar surface area (TPSA) is 95.5 Å². The summed E-state index contributed by atoms with van der Waals surface area (Å²) in [6, 6.07) is 11.1. The summed E-state index contributed by atoms with van der Waals surface area (Å²) in [6.45, 7) is 2.31. The average Bonchev–Trinajstić information content (AvgIpc) is 3.54. The molecule has 0 aliphatic carbocycles. The van der Waals surface area contributed by atoms with Crippen molar-refractivity contribution in [1.29, 1.82) is 0 Å². The molecule has 2 aromatic heterocycles. The van der Waals surface area contributed by atoms with Crippen LogP contribution in [0, 0.1) is 0 Å². The number of hydrogen-bond acceptors (Lipinski definition) is 5. The van der Waals surface area contributed by atoms with Crippen LogP contribution in [0.25, 0.3) is 11.0 Å². The normalized spacial score (nSPS) is 18.6. The smallest absolute Gasteiger partial charge is 0.326 e. The number of fused-ring (bicyclic) bond motifs is 1. The lowest BCUT2D eigenvalue weighted by molar-refractivity contribution is -0.131. The summed E-state index contributed by atoms with van der Waals surface area (Å²) in [4.78, 5) is 30.8. The number of hydrogen-bond donors (Lipinski definition) is 1. The highest BCUT2D eigenvalue weighted by atomic mass is 32.2. The first-order valence-corrected chi connectivity index (χ1v) is 13.2. The average molecular weight is 475 g/mol. The lowest BCUT2D eigenvalue weighted by atomic mass is 10.0. The quantitative estimate of drug-likeness (QED) is 0.615. The molecule has 10 heteroatoms. The Labute approximate surface area is 190 Å². The predicted molar refractivity (Wildman–Crippen MR) is 123 cm³/mol. The number of amides is 1. The SMILES string of the molecule is O=C(Cc1ccc(S(=O)(=O)N2CCCC2)s1)N1CCC(n2c(=O)[nH]c3ccccc32)CC1. The van der Waals surface area contributed by atoms with Crippen LogP contribution in [0.4, 0.5) is 0 Å². The van der Waals surface area contributed by atoms with Crippen molar-refractivity contribution in [3.63, 3.8) is 0 Å². The number of H-pyrrole nitrogens is 1. The number of aromatic amines is 1. The number of carbonyl (C=O) groups excluding carboxylic acids is 1. The summed E-state index contributed by atoms with van der Waals surface area (Å²) < 4.78 is 29.1. The number of carbonyl (C=O) groups is 1. The van der Waals surface area contributed by atoms with Crippen molar-refractivity contribution in [2.45, 2.75) is 42.4 Å². The van der Waals surface area contributed by atoms with Gasteiger partial charge in [0.15, 0.2) is 0 Å². The Hall–Kier alpha value is -2.43. The second kappa shape index (κ2) is 8.49. The number of aromatic nitrogens is 2. The zero-order chi connectivity index (χ0) is 22.3. The highest BCUT2D eigenvalue weighted by molar-refractivity contribution is 7.91. The van der Waals surface area contributed by atoms with Crippen LogP contribution in [-0.2, 0) is 21.2 Å². The van der Waals surface area contributed by atoms with Gasteiger partial charge in [-0.1, -0.05) is 12.1 Å². The Morgan fingerprint density at radius 3 is 2.50 bits per heavy atom. The van der Waals surface area contributed by atoms with Gasteiger partial charge in [0.25, 0.3) is 10.0 Å². The maximum atomic E-state index is 12.9. The minimum absolute atomic E-state index is 0.00157. The molecule has 0 unspecified atom stereocenters. The maximum Gasteiger partial charge on any atom is 0.326 e. The molecule has 0 bridgehead atoms. The fourth-order valence-electron chi connectivity index (χ4n) is 4.72. The summed E-state index contributed by atoms with van der Waals surface area (Å²) in [5.41, 5.74) is 1.61. The van der Waals surface area contributed by atoms with Crippen LogP contribution < -0.4 is 5.69 Å². The number of imidazole rings is 1. The molecule has 2 fully saturated rings. The van der Waals surface area contributed by atoms with Crippen LogP contribution in [0.15, 0.2) is 45.4 Å². The number of sulfonamides is 1. The van der Waals surface area contributed by atoms with E-state index in [0.717, 1.165) is 28.8 Å². The van der Waals surface area contributed by atoms with Crippen LogP contribution >= 0.6 is 11.3 Å². The number of likely N-dealkylation sites (tertiary alicyclic amines) is 1. The van der Waals surface area contributed by atoms with Crippen molar-refractivity contribution in [3.8, 4) is 0 Å². The van der Waals surface area contributed by atoms with E-state index in [2.05, 4.69) is 4.98 Å². The largest absolute Gasteiger partial charge is 0.342 e. The van der Waals surface area contributed by atoms with E-state index >= 15 is 0 Å². The molecule has 32 heavy (non-hydrogen) atoms. The van der Waals surface area contributed by atoms with E-state index < -0.39 is 10.0 Å². The standard InChI is InChI=1S/C22H26N4O4S2/c27-20(15-17-7-8-21(31-17)32(29,30)25-11-3-4-12-25)24-13-9-16(10-14-24)26-19-6-2-1-5-18(19)23-22(26)28/h1-2,5-8,16H,3-4,9-15H2,(H,23,28). The fourth-order valence-corrected chi connectivity index (χ4v) is 7.74. The Morgan fingerprint density at radius 2 is 1.75 bits per heavy atom. The van der Waals surface area contributed by atoms with Gasteiger partial charge in [0.2, 0.25) is 5.91 Å². The van der Waals surface area contributed by atoms with E-state index in [-0.39, 0.29) is 24.1 Å². The van der Waals surface area contributed by atoms with E-state index in [1.807, 2.05) is 33.7 Å². The minimum atomic E-state index is -3.44. The highest BCUT2D eigenvalue weighted by Gasteiger charge is 2.30. The predicted octanol–water partition coefficient (Wildman–Crippen LogP) is 2.58. The minimum Gasteiger partial charge on any atom is -0.342 e. The second-order valence-corrected chi connectivity index (χ2v) is 11.8. The third kappa shape index (κ3) is 3.91.